The van der Waals surface area contributed by atoms with Crippen LogP contribution in [0.15, 0.2) is 36.5 Å². The lowest BCUT2D eigenvalue weighted by Gasteiger charge is -1.87. The van der Waals surface area contributed by atoms with Crippen molar-refractivity contribution in [1.82, 2.24) is 0 Å². The van der Waals surface area contributed by atoms with Crippen molar-refractivity contribution in [3.8, 4) is 0 Å². The fourth-order valence-electron chi connectivity index (χ4n) is 0.582. The maximum absolute atomic E-state index is 4.63. The van der Waals surface area contributed by atoms with Crippen LogP contribution < -0.4 is 5.53 Å². The summed E-state index contributed by atoms with van der Waals surface area (Å²) in [6.45, 7) is 2.78. The molecule has 0 fully saturated rings. The molecule has 0 bridgehead atoms. The Morgan fingerprint density at radius 2 is 1.62 bits per heavy atom. The Kier molecular flexibility index (Phi) is 9.12. The quantitative estimate of drug-likeness (QED) is 0.352. The summed E-state index contributed by atoms with van der Waals surface area (Å²) in [7, 11) is 0. The van der Waals surface area contributed by atoms with Gasteiger partial charge in [-0.2, -0.15) is 10.6 Å². The molecule has 0 aromatic rings. The summed E-state index contributed by atoms with van der Waals surface area (Å²) < 4.78 is 0. The summed E-state index contributed by atoms with van der Waals surface area (Å²) in [5.41, 5.74) is 4.63. The van der Waals surface area contributed by atoms with Gasteiger partial charge in [-0.25, -0.2) is 0 Å². The number of nitrogens with two attached hydrogens (primary N) is 1. The molecule has 0 rings (SSSR count). The van der Waals surface area contributed by atoms with E-state index in [4.69, 9.17) is 0 Å². The molecule has 0 saturated carbocycles. The average molecular weight is 185 g/mol. The van der Waals surface area contributed by atoms with Crippen molar-refractivity contribution in [3.63, 3.8) is 0 Å². The minimum atomic E-state index is 0.658. The minimum Gasteiger partial charge on any atom is -0.190 e. The summed E-state index contributed by atoms with van der Waals surface area (Å²) in [5, 5.41) is 22.3. The van der Waals surface area contributed by atoms with E-state index in [9.17, 15) is 0 Å². The standard InChI is InChI=1S/C5H12N8/c1-2-3-4-5-7-9-11-13-12-10-8-6/h6H,2-5H2,1H3/p+1. The molecule has 0 radical (unpaired) electrons. The second kappa shape index (κ2) is 10.4. The van der Waals surface area contributed by atoms with Gasteiger partial charge in [0.15, 0.2) is 5.22 Å². The van der Waals surface area contributed by atoms with Crippen LogP contribution in [0.25, 0.3) is 0 Å². The largest absolute Gasteiger partial charge is 0.225 e. The SMILES string of the molecule is CCCCCN=NN=NN=NN=[NH2+]. The highest BCUT2D eigenvalue weighted by atomic mass is 15.6. The molecular weight excluding hydrogens is 172 g/mol. The number of hydrogen-bond donors (Lipinski definition) is 1. The second-order valence-corrected chi connectivity index (χ2v) is 2.13. The third-order valence-electron chi connectivity index (χ3n) is 1.14. The van der Waals surface area contributed by atoms with Crippen LogP contribution in [0.3, 0.4) is 0 Å². The molecule has 0 aromatic heterocycles. The van der Waals surface area contributed by atoms with Gasteiger partial charge in [0, 0.05) is 5.22 Å². The van der Waals surface area contributed by atoms with Crippen molar-refractivity contribution in [2.45, 2.75) is 26.2 Å². The van der Waals surface area contributed by atoms with Crippen LogP contribution in [0.2, 0.25) is 0 Å². The van der Waals surface area contributed by atoms with E-state index in [2.05, 4.69) is 48.9 Å². The fraction of sp³-hybridized carbons (Fsp3) is 1.00. The molecule has 0 saturated heterocycles. The third-order valence-corrected chi connectivity index (χ3v) is 1.14. The molecule has 0 aliphatic heterocycles. The molecule has 0 unspecified atom stereocenters. The Hall–Kier alpha value is -1.60. The molecule has 8 heteroatoms. The van der Waals surface area contributed by atoms with Crippen LogP contribution in [0, 0.1) is 0 Å². The van der Waals surface area contributed by atoms with Crippen LogP contribution in [0.5, 0.6) is 0 Å². The summed E-state index contributed by atoms with van der Waals surface area (Å²) in [6, 6.07) is 0. The summed E-state index contributed by atoms with van der Waals surface area (Å²) in [6.07, 6.45) is 3.31. The van der Waals surface area contributed by atoms with Crippen LogP contribution in [0.4, 0.5) is 0 Å². The van der Waals surface area contributed by atoms with E-state index in [0.717, 1.165) is 19.3 Å². The summed E-state index contributed by atoms with van der Waals surface area (Å²) in [5.74, 6) is 0. The predicted octanol–water partition coefficient (Wildman–Crippen LogP) is 1.49. The predicted molar refractivity (Wildman–Crippen MR) is 43.3 cm³/mol. The van der Waals surface area contributed by atoms with Gasteiger partial charge in [-0.15, -0.1) is 0 Å². The maximum atomic E-state index is 4.63. The molecule has 0 aromatic carbocycles. The monoisotopic (exact) mass is 185 g/mol. The van der Waals surface area contributed by atoms with Gasteiger partial charge in [0.2, 0.25) is 5.22 Å². The van der Waals surface area contributed by atoms with Crippen molar-refractivity contribution in [1.29, 1.82) is 0 Å². The first-order valence-electron chi connectivity index (χ1n) is 3.98. The lowest BCUT2D eigenvalue weighted by molar-refractivity contribution is -0.223. The topological polar surface area (TPSA) is 112 Å². The van der Waals surface area contributed by atoms with E-state index in [1.807, 2.05) is 0 Å². The van der Waals surface area contributed by atoms with Gasteiger partial charge in [0.05, 0.1) is 6.54 Å². The number of hydrogen-bond acceptors (Lipinski definition) is 1. The van der Waals surface area contributed by atoms with Crippen LogP contribution in [-0.2, 0) is 0 Å². The Labute approximate surface area is 75.7 Å². The normalized spacial score (nSPS) is 12.1. The zero-order valence-corrected chi connectivity index (χ0v) is 7.54. The summed E-state index contributed by atoms with van der Waals surface area (Å²) in [4.78, 5) is 0. The Morgan fingerprint density at radius 1 is 0.923 bits per heavy atom. The van der Waals surface area contributed by atoms with Crippen LogP contribution >= 0.6 is 0 Å². The molecule has 2 N–H and O–H groups in total. The molecular formula is C5H13N8+. The first-order chi connectivity index (χ1) is 6.41. The maximum Gasteiger partial charge on any atom is 0.225 e. The Balaban J connectivity index is 3.34. The third kappa shape index (κ3) is 10.4. The van der Waals surface area contributed by atoms with Gasteiger partial charge >= 0.3 is 0 Å². The smallest absolute Gasteiger partial charge is 0.190 e. The first-order valence-corrected chi connectivity index (χ1v) is 3.98. The number of nitrogens with zero attached hydrogens (tertiary/aromatic N) is 7. The molecule has 72 valence electrons. The van der Waals surface area contributed by atoms with E-state index in [1.54, 1.807) is 0 Å². The van der Waals surface area contributed by atoms with Crippen molar-refractivity contribution >= 4 is 0 Å². The number of unbranched alkanes of at least 4 members (excludes halogenated alkanes) is 2. The summed E-state index contributed by atoms with van der Waals surface area (Å²) >= 11 is 0. The highest BCUT2D eigenvalue weighted by molar-refractivity contribution is 4.39. The minimum absolute atomic E-state index is 0.658. The average Bonchev–Trinajstić information content (AvgIpc) is 2.16. The van der Waals surface area contributed by atoms with Gasteiger partial charge in [-0.1, -0.05) is 19.8 Å². The highest BCUT2D eigenvalue weighted by Gasteiger charge is 1.81. The van der Waals surface area contributed by atoms with Gasteiger partial charge in [0.25, 0.3) is 0 Å². The van der Waals surface area contributed by atoms with E-state index in [1.165, 1.54) is 0 Å². The zero-order chi connectivity index (χ0) is 9.78. The second-order valence-electron chi connectivity index (χ2n) is 2.13. The molecule has 0 aliphatic rings. The fourth-order valence-corrected chi connectivity index (χ4v) is 0.582. The Morgan fingerprint density at radius 3 is 2.31 bits per heavy atom. The molecule has 13 heavy (non-hydrogen) atoms. The lowest BCUT2D eigenvalue weighted by atomic mass is 10.3. The molecule has 0 aliphatic carbocycles. The molecule has 0 heterocycles. The first kappa shape index (κ1) is 11.4. The highest BCUT2D eigenvalue weighted by Crippen LogP contribution is 1.94. The number of rotatable bonds is 7. The molecule has 0 amide bonds. The molecule has 0 spiro atoms. The molecule has 0 atom stereocenters. The van der Waals surface area contributed by atoms with Crippen molar-refractivity contribution in [2.24, 2.45) is 36.5 Å². The van der Waals surface area contributed by atoms with E-state index >= 15 is 0 Å². The van der Waals surface area contributed by atoms with Crippen molar-refractivity contribution in [2.75, 3.05) is 6.54 Å². The van der Waals surface area contributed by atoms with Gasteiger partial charge in [0.1, 0.15) is 5.22 Å². The zero-order valence-electron chi connectivity index (χ0n) is 7.54. The van der Waals surface area contributed by atoms with Crippen LogP contribution in [-0.4, -0.2) is 6.54 Å². The lowest BCUT2D eigenvalue weighted by Crippen LogP contribution is -2.21. The van der Waals surface area contributed by atoms with Gasteiger partial charge < -0.3 is 0 Å². The van der Waals surface area contributed by atoms with Crippen molar-refractivity contribution < 1.29 is 5.53 Å². The van der Waals surface area contributed by atoms with Gasteiger partial charge in [-0.3, -0.25) is 0 Å². The van der Waals surface area contributed by atoms with E-state index in [-0.39, 0.29) is 0 Å². The Bertz CT molecular complexity index is 195. The van der Waals surface area contributed by atoms with Crippen molar-refractivity contribution in [3.05, 3.63) is 0 Å². The van der Waals surface area contributed by atoms with E-state index < -0.39 is 0 Å². The van der Waals surface area contributed by atoms with Gasteiger partial charge in [-0.05, 0) is 16.9 Å². The van der Waals surface area contributed by atoms with Crippen LogP contribution in [0.1, 0.15) is 26.2 Å². The molecule has 8 nitrogen and oxygen atoms in total. The van der Waals surface area contributed by atoms with E-state index in [0.29, 0.717) is 6.54 Å².